The maximum atomic E-state index is 12.7. The van der Waals surface area contributed by atoms with E-state index in [2.05, 4.69) is 48.5 Å². The lowest BCUT2D eigenvalue weighted by atomic mass is 9.66. The van der Waals surface area contributed by atoms with Gasteiger partial charge in [-0.25, -0.2) is 0 Å². The third kappa shape index (κ3) is 8.06. The summed E-state index contributed by atoms with van der Waals surface area (Å²) in [6.07, 6.45) is 10.5. The Hall–Kier alpha value is -1.06. The van der Waals surface area contributed by atoms with Crippen LogP contribution in [0.2, 0.25) is 0 Å². The molecule has 2 rings (SSSR count). The highest BCUT2D eigenvalue weighted by Crippen LogP contribution is 2.43. The monoisotopic (exact) mass is 450 g/mol. The molecule has 4 heteroatoms. The molecule has 0 bridgehead atoms. The third-order valence-corrected chi connectivity index (χ3v) is 8.07. The smallest absolute Gasteiger partial charge is 0.309 e. The van der Waals surface area contributed by atoms with Gasteiger partial charge in [0.25, 0.3) is 0 Å². The molecule has 0 spiro atoms. The van der Waals surface area contributed by atoms with Crippen molar-refractivity contribution >= 4 is 11.9 Å². The van der Waals surface area contributed by atoms with E-state index in [9.17, 15) is 9.59 Å². The molecular weight excluding hydrogens is 400 g/mol. The first-order valence-corrected chi connectivity index (χ1v) is 13.2. The predicted octanol–water partition coefficient (Wildman–Crippen LogP) is 7.19. The number of hydrogen-bond donors (Lipinski definition) is 0. The number of ether oxygens (including phenoxy) is 2. The first kappa shape index (κ1) is 27.2. The molecule has 2 fully saturated rings. The summed E-state index contributed by atoms with van der Waals surface area (Å²) in [5.41, 5.74) is 0.289. The highest BCUT2D eigenvalue weighted by Gasteiger charge is 2.40. The Bertz CT molecular complexity index is 546. The summed E-state index contributed by atoms with van der Waals surface area (Å²) < 4.78 is 11.4. The lowest BCUT2D eigenvalue weighted by Crippen LogP contribution is -2.37. The van der Waals surface area contributed by atoms with Gasteiger partial charge in [-0.2, -0.15) is 0 Å². The lowest BCUT2D eigenvalue weighted by Gasteiger charge is -2.39. The van der Waals surface area contributed by atoms with E-state index in [1.165, 1.54) is 12.8 Å². The largest absolute Gasteiger partial charge is 0.465 e. The Morgan fingerprint density at radius 3 is 1.38 bits per heavy atom. The number of carbonyl (C=O) groups is 2. The second kappa shape index (κ2) is 11.9. The average molecular weight is 451 g/mol. The van der Waals surface area contributed by atoms with Crippen molar-refractivity contribution in [2.24, 2.45) is 40.4 Å². The van der Waals surface area contributed by atoms with E-state index in [4.69, 9.17) is 9.47 Å². The molecule has 0 N–H and O–H groups in total. The quantitative estimate of drug-likeness (QED) is 0.367. The number of esters is 2. The summed E-state index contributed by atoms with van der Waals surface area (Å²) in [6.45, 7) is 16.5. The minimum atomic E-state index is -0.00577. The molecule has 0 aromatic rings. The van der Waals surface area contributed by atoms with Crippen LogP contribution in [0.15, 0.2) is 0 Å². The van der Waals surface area contributed by atoms with E-state index in [1.54, 1.807) is 0 Å². The minimum Gasteiger partial charge on any atom is -0.465 e. The molecule has 2 aliphatic carbocycles. The van der Waals surface area contributed by atoms with Gasteiger partial charge in [-0.05, 0) is 67.1 Å². The molecule has 4 unspecified atom stereocenters. The predicted molar refractivity (Wildman–Crippen MR) is 130 cm³/mol. The Balaban J connectivity index is 1.69. The van der Waals surface area contributed by atoms with Gasteiger partial charge in [-0.15, -0.1) is 0 Å². The van der Waals surface area contributed by atoms with Gasteiger partial charge in [0.15, 0.2) is 0 Å². The third-order valence-electron chi connectivity index (χ3n) is 8.07. The number of rotatable bonds is 8. The van der Waals surface area contributed by atoms with Gasteiger partial charge in [0.05, 0.1) is 25.0 Å². The van der Waals surface area contributed by atoms with Crippen LogP contribution in [-0.2, 0) is 19.1 Å². The number of carbonyl (C=O) groups excluding carboxylic acids is 2. The van der Waals surface area contributed by atoms with Crippen molar-refractivity contribution in [2.75, 3.05) is 13.2 Å². The van der Waals surface area contributed by atoms with Crippen molar-refractivity contribution in [2.45, 2.75) is 113 Å². The molecule has 0 aliphatic heterocycles. The van der Waals surface area contributed by atoms with Crippen LogP contribution in [0.5, 0.6) is 0 Å². The van der Waals surface area contributed by atoms with Crippen molar-refractivity contribution in [3.63, 3.8) is 0 Å². The van der Waals surface area contributed by atoms with Crippen LogP contribution in [0.4, 0.5) is 0 Å². The average Bonchev–Trinajstić information content (AvgIpc) is 2.72. The van der Waals surface area contributed by atoms with Crippen LogP contribution in [0, 0.1) is 40.4 Å². The zero-order chi connectivity index (χ0) is 23.9. The highest BCUT2D eigenvalue weighted by molar-refractivity contribution is 5.73. The molecule has 4 nitrogen and oxygen atoms in total. The lowest BCUT2D eigenvalue weighted by molar-refractivity contribution is -0.154. The maximum Gasteiger partial charge on any atom is 0.309 e. The standard InChI is InChI=1S/C28H50O4/c1-20(16-18-31-25(29)21-12-8-10-14-23(21)27(2,3)4)17-19-32-26(30)22-13-9-11-15-24(22)28(5,6)7/h20-24H,8-19H2,1-7H3. The van der Waals surface area contributed by atoms with Gasteiger partial charge in [0.2, 0.25) is 0 Å². The van der Waals surface area contributed by atoms with Crippen molar-refractivity contribution in [3.05, 3.63) is 0 Å². The zero-order valence-corrected chi connectivity index (χ0v) is 22.0. The molecule has 32 heavy (non-hydrogen) atoms. The summed E-state index contributed by atoms with van der Waals surface area (Å²) >= 11 is 0. The Kier molecular flexibility index (Phi) is 10.1. The molecule has 186 valence electrons. The summed E-state index contributed by atoms with van der Waals surface area (Å²) in [5.74, 6) is 1.28. The summed E-state index contributed by atoms with van der Waals surface area (Å²) in [5, 5.41) is 0. The Morgan fingerprint density at radius 1 is 0.688 bits per heavy atom. The van der Waals surface area contributed by atoms with E-state index in [-0.39, 0.29) is 34.6 Å². The van der Waals surface area contributed by atoms with Crippen molar-refractivity contribution in [3.8, 4) is 0 Å². The van der Waals surface area contributed by atoms with Gasteiger partial charge in [0, 0.05) is 0 Å². The normalized spacial score (nSPS) is 28.1. The fourth-order valence-electron chi connectivity index (χ4n) is 5.98. The SMILES string of the molecule is CC(CCOC(=O)C1CCCCC1C(C)(C)C)CCOC(=O)C1CCCCC1C(C)(C)C. The summed E-state index contributed by atoms with van der Waals surface area (Å²) in [4.78, 5) is 25.5. The van der Waals surface area contributed by atoms with Crippen molar-refractivity contribution in [1.29, 1.82) is 0 Å². The van der Waals surface area contributed by atoms with Crippen LogP contribution >= 0.6 is 0 Å². The molecule has 0 amide bonds. The van der Waals surface area contributed by atoms with E-state index in [0.29, 0.717) is 31.0 Å². The van der Waals surface area contributed by atoms with Crippen LogP contribution < -0.4 is 0 Å². The fourth-order valence-corrected chi connectivity index (χ4v) is 5.98. The fraction of sp³-hybridized carbons (Fsp3) is 0.929. The second-order valence-corrected chi connectivity index (χ2v) is 12.7. The summed E-state index contributed by atoms with van der Waals surface area (Å²) in [7, 11) is 0. The van der Waals surface area contributed by atoms with Gasteiger partial charge in [-0.1, -0.05) is 74.1 Å². The van der Waals surface area contributed by atoms with Gasteiger partial charge in [0.1, 0.15) is 0 Å². The molecule has 0 heterocycles. The first-order valence-electron chi connectivity index (χ1n) is 13.2. The molecule has 2 saturated carbocycles. The van der Waals surface area contributed by atoms with Gasteiger partial charge in [-0.3, -0.25) is 9.59 Å². The highest BCUT2D eigenvalue weighted by atomic mass is 16.5. The van der Waals surface area contributed by atoms with Crippen LogP contribution in [-0.4, -0.2) is 25.2 Å². The van der Waals surface area contributed by atoms with Crippen LogP contribution in [0.3, 0.4) is 0 Å². The van der Waals surface area contributed by atoms with Gasteiger partial charge >= 0.3 is 11.9 Å². The molecule has 4 atom stereocenters. The minimum absolute atomic E-state index is 0.00577. The molecule has 0 saturated heterocycles. The maximum absolute atomic E-state index is 12.7. The molecular formula is C28H50O4. The summed E-state index contributed by atoms with van der Waals surface area (Å²) in [6, 6.07) is 0. The van der Waals surface area contributed by atoms with E-state index in [1.807, 2.05) is 0 Å². The molecule has 2 aliphatic rings. The van der Waals surface area contributed by atoms with Crippen molar-refractivity contribution < 1.29 is 19.1 Å². The van der Waals surface area contributed by atoms with Crippen molar-refractivity contribution in [1.82, 2.24) is 0 Å². The number of hydrogen-bond acceptors (Lipinski definition) is 4. The van der Waals surface area contributed by atoms with Gasteiger partial charge < -0.3 is 9.47 Å². The van der Waals surface area contributed by atoms with Crippen LogP contribution in [0.1, 0.15) is 113 Å². The van der Waals surface area contributed by atoms with E-state index < -0.39 is 0 Å². The second-order valence-electron chi connectivity index (χ2n) is 12.7. The topological polar surface area (TPSA) is 52.6 Å². The molecule has 0 radical (unpaired) electrons. The molecule has 0 aromatic carbocycles. The van der Waals surface area contributed by atoms with E-state index >= 15 is 0 Å². The zero-order valence-electron chi connectivity index (χ0n) is 22.0. The van der Waals surface area contributed by atoms with Crippen LogP contribution in [0.25, 0.3) is 0 Å². The first-order chi connectivity index (χ1) is 14.9. The Morgan fingerprint density at radius 2 is 1.03 bits per heavy atom. The van der Waals surface area contributed by atoms with E-state index in [0.717, 1.165) is 51.4 Å². The Labute approximate surface area is 197 Å². The molecule has 0 aromatic heterocycles.